The lowest BCUT2D eigenvalue weighted by Gasteiger charge is -2.34. The van der Waals surface area contributed by atoms with Crippen LogP contribution in [0.4, 0.5) is 22.0 Å². The Labute approximate surface area is 181 Å². The molecule has 2 aliphatic heterocycles. The van der Waals surface area contributed by atoms with Crippen LogP contribution >= 0.6 is 0 Å². The highest BCUT2D eigenvalue weighted by molar-refractivity contribution is 6.04. The second-order valence-corrected chi connectivity index (χ2v) is 8.18. The van der Waals surface area contributed by atoms with E-state index in [1.807, 2.05) is 19.1 Å². The number of carbonyl (C=O) groups excluding carboxylic acids is 1. The van der Waals surface area contributed by atoms with Crippen molar-refractivity contribution >= 4 is 28.7 Å². The minimum absolute atomic E-state index is 0.212. The molecule has 162 valence electrons. The van der Waals surface area contributed by atoms with Crippen LogP contribution in [0.15, 0.2) is 30.6 Å². The summed E-state index contributed by atoms with van der Waals surface area (Å²) in [7, 11) is 1.58. The zero-order chi connectivity index (χ0) is 21.5. The number of aromatic nitrogens is 3. The molecule has 0 unspecified atom stereocenters. The molecule has 1 fully saturated rings. The second kappa shape index (κ2) is 7.73. The van der Waals surface area contributed by atoms with Crippen LogP contribution in [0.3, 0.4) is 0 Å². The lowest BCUT2D eigenvalue weighted by atomic mass is 10.1. The summed E-state index contributed by atoms with van der Waals surface area (Å²) in [4.78, 5) is 21.9. The van der Waals surface area contributed by atoms with Crippen molar-refractivity contribution in [1.29, 1.82) is 0 Å². The highest BCUT2D eigenvalue weighted by Gasteiger charge is 2.31. The summed E-state index contributed by atoms with van der Waals surface area (Å²) >= 11 is 0. The molecule has 2 N–H and O–H groups in total. The number of amides is 2. The Balaban J connectivity index is 1.41. The maximum absolute atomic E-state index is 13.2. The predicted molar refractivity (Wildman–Crippen MR) is 120 cm³/mol. The Kier molecular flexibility index (Phi) is 4.90. The number of fused-ring (bicyclic) bond motifs is 2. The second-order valence-electron chi connectivity index (χ2n) is 8.18. The van der Waals surface area contributed by atoms with E-state index in [2.05, 4.69) is 38.6 Å². The Morgan fingerprint density at radius 2 is 2.19 bits per heavy atom. The van der Waals surface area contributed by atoms with Gasteiger partial charge in [0.05, 0.1) is 30.2 Å². The van der Waals surface area contributed by atoms with Gasteiger partial charge in [0.1, 0.15) is 5.82 Å². The van der Waals surface area contributed by atoms with E-state index in [4.69, 9.17) is 4.74 Å². The minimum atomic E-state index is -0.212. The third-order valence-electron chi connectivity index (χ3n) is 5.95. The first-order valence-corrected chi connectivity index (χ1v) is 10.6. The fraction of sp³-hybridized carbons (Fsp3) is 0.409. The number of urea groups is 1. The van der Waals surface area contributed by atoms with E-state index in [0.29, 0.717) is 24.0 Å². The van der Waals surface area contributed by atoms with Crippen molar-refractivity contribution in [3.63, 3.8) is 0 Å². The molecule has 1 atom stereocenters. The molecule has 0 saturated carbocycles. The zero-order valence-corrected chi connectivity index (χ0v) is 18.1. The van der Waals surface area contributed by atoms with Gasteiger partial charge in [-0.3, -0.25) is 4.90 Å². The topological polar surface area (TPSA) is 87.0 Å². The Morgan fingerprint density at radius 3 is 3.00 bits per heavy atom. The summed E-state index contributed by atoms with van der Waals surface area (Å²) in [6, 6.07) is 6.13. The summed E-state index contributed by atoms with van der Waals surface area (Å²) in [6.07, 6.45) is 4.37. The van der Waals surface area contributed by atoms with Gasteiger partial charge in [0.25, 0.3) is 0 Å². The van der Waals surface area contributed by atoms with Gasteiger partial charge in [0.2, 0.25) is 0 Å². The maximum Gasteiger partial charge on any atom is 0.327 e. The standard InChI is InChI=1S/C22H27N7O2/c1-14-10-16-11-18(20(31-3)13-29(16)26-14)25-22(30)28-8-5-17-19(4-6-24-21(17)28)27-9-7-23-15(2)12-27/h4,6,10-11,13,15,23H,5,7-9,12H2,1-3H3,(H,25,30)/t15-/m0/s1. The average Bonchev–Trinajstić information content (AvgIpc) is 3.35. The number of aryl methyl sites for hydroxylation is 1. The van der Waals surface area contributed by atoms with Crippen molar-refractivity contribution in [2.24, 2.45) is 0 Å². The quantitative estimate of drug-likeness (QED) is 0.676. The lowest BCUT2D eigenvalue weighted by Crippen LogP contribution is -2.49. The third-order valence-corrected chi connectivity index (χ3v) is 5.95. The van der Waals surface area contributed by atoms with Crippen molar-refractivity contribution in [2.75, 3.05) is 48.4 Å². The van der Waals surface area contributed by atoms with E-state index in [9.17, 15) is 4.79 Å². The molecule has 2 amide bonds. The molecule has 0 radical (unpaired) electrons. The summed E-state index contributed by atoms with van der Waals surface area (Å²) in [5, 5.41) is 10.9. The van der Waals surface area contributed by atoms with E-state index in [1.54, 1.807) is 28.9 Å². The van der Waals surface area contributed by atoms with Crippen LogP contribution in [0.25, 0.3) is 5.52 Å². The van der Waals surface area contributed by atoms with Crippen LogP contribution in [-0.4, -0.2) is 60.0 Å². The number of piperazine rings is 1. The van der Waals surface area contributed by atoms with Crippen molar-refractivity contribution in [3.8, 4) is 5.75 Å². The number of carbonyl (C=O) groups is 1. The molecular weight excluding hydrogens is 394 g/mol. The molecule has 1 saturated heterocycles. The van der Waals surface area contributed by atoms with Crippen LogP contribution in [-0.2, 0) is 6.42 Å². The molecule has 0 aliphatic carbocycles. The van der Waals surface area contributed by atoms with Gasteiger partial charge in [-0.15, -0.1) is 0 Å². The normalized spacial score (nSPS) is 18.4. The highest BCUT2D eigenvalue weighted by atomic mass is 16.5. The number of pyridine rings is 2. The number of ether oxygens (including phenoxy) is 1. The Morgan fingerprint density at radius 1 is 1.32 bits per heavy atom. The van der Waals surface area contributed by atoms with E-state index in [-0.39, 0.29) is 6.03 Å². The third kappa shape index (κ3) is 3.54. The van der Waals surface area contributed by atoms with Crippen molar-refractivity contribution in [1.82, 2.24) is 19.9 Å². The molecule has 0 bridgehead atoms. The molecule has 9 heteroatoms. The predicted octanol–water partition coefficient (Wildman–Crippen LogP) is 2.44. The summed E-state index contributed by atoms with van der Waals surface area (Å²) in [5.41, 5.74) is 4.73. The van der Waals surface area contributed by atoms with Gasteiger partial charge in [0.15, 0.2) is 5.75 Å². The smallest absolute Gasteiger partial charge is 0.327 e. The van der Waals surface area contributed by atoms with Crippen LogP contribution in [0.5, 0.6) is 5.75 Å². The lowest BCUT2D eigenvalue weighted by molar-refractivity contribution is 0.257. The Hall–Kier alpha value is -3.33. The first kappa shape index (κ1) is 19.6. The number of hydrogen-bond acceptors (Lipinski definition) is 6. The van der Waals surface area contributed by atoms with Gasteiger partial charge >= 0.3 is 6.03 Å². The van der Waals surface area contributed by atoms with Crippen LogP contribution in [0.1, 0.15) is 18.2 Å². The van der Waals surface area contributed by atoms with Gasteiger partial charge in [-0.25, -0.2) is 14.3 Å². The number of methoxy groups -OCH3 is 1. The van der Waals surface area contributed by atoms with Crippen molar-refractivity contribution in [2.45, 2.75) is 26.3 Å². The minimum Gasteiger partial charge on any atom is -0.493 e. The fourth-order valence-corrected chi connectivity index (χ4v) is 4.51. The molecule has 5 rings (SSSR count). The number of nitrogens with one attached hydrogen (secondary N) is 2. The van der Waals surface area contributed by atoms with E-state index < -0.39 is 0 Å². The number of nitrogens with zero attached hydrogens (tertiary/aromatic N) is 5. The van der Waals surface area contributed by atoms with Crippen molar-refractivity contribution in [3.05, 3.63) is 41.9 Å². The van der Waals surface area contributed by atoms with E-state index in [1.165, 1.54) is 5.69 Å². The molecule has 0 aromatic carbocycles. The molecule has 3 aromatic heterocycles. The van der Waals surface area contributed by atoms with Crippen molar-refractivity contribution < 1.29 is 9.53 Å². The molecule has 5 heterocycles. The largest absolute Gasteiger partial charge is 0.493 e. The fourth-order valence-electron chi connectivity index (χ4n) is 4.51. The maximum atomic E-state index is 13.2. The van der Waals surface area contributed by atoms with E-state index >= 15 is 0 Å². The number of rotatable bonds is 3. The van der Waals surface area contributed by atoms with Gasteiger partial charge < -0.3 is 20.3 Å². The number of hydrogen-bond donors (Lipinski definition) is 2. The average molecular weight is 422 g/mol. The van der Waals surface area contributed by atoms with Gasteiger partial charge in [-0.05, 0) is 38.5 Å². The molecule has 3 aromatic rings. The molecule has 9 nitrogen and oxygen atoms in total. The van der Waals surface area contributed by atoms with Gasteiger partial charge in [-0.2, -0.15) is 5.10 Å². The molecule has 2 aliphatic rings. The van der Waals surface area contributed by atoms with Gasteiger partial charge in [-0.1, -0.05) is 0 Å². The van der Waals surface area contributed by atoms with E-state index in [0.717, 1.165) is 48.6 Å². The summed E-state index contributed by atoms with van der Waals surface area (Å²) in [6.45, 7) is 7.59. The molecule has 31 heavy (non-hydrogen) atoms. The molecular formula is C22H27N7O2. The molecule has 0 spiro atoms. The summed E-state index contributed by atoms with van der Waals surface area (Å²) in [5.74, 6) is 1.29. The zero-order valence-electron chi connectivity index (χ0n) is 18.1. The first-order chi connectivity index (χ1) is 15.0. The highest BCUT2D eigenvalue weighted by Crippen LogP contribution is 2.35. The van der Waals surface area contributed by atoms with Crippen LogP contribution in [0, 0.1) is 6.92 Å². The SMILES string of the molecule is COc1cn2nc(C)cc2cc1NC(=O)N1CCc2c(N3CCN[C@@H](C)C3)ccnc21. The number of anilines is 3. The monoisotopic (exact) mass is 421 g/mol. The first-order valence-electron chi connectivity index (χ1n) is 10.6. The van der Waals surface area contributed by atoms with Crippen LogP contribution < -0.4 is 25.2 Å². The Bertz CT molecular complexity index is 1140. The summed E-state index contributed by atoms with van der Waals surface area (Å²) < 4.78 is 7.23. The van der Waals surface area contributed by atoms with Crippen LogP contribution in [0.2, 0.25) is 0 Å². The van der Waals surface area contributed by atoms with Gasteiger partial charge in [0, 0.05) is 49.7 Å².